The van der Waals surface area contributed by atoms with Crippen LogP contribution in [0, 0.1) is 0 Å². The summed E-state index contributed by atoms with van der Waals surface area (Å²) >= 11 is 3.70. The van der Waals surface area contributed by atoms with Crippen molar-refractivity contribution in [3.05, 3.63) is 104 Å². The molecule has 0 fully saturated rings. The monoisotopic (exact) mass is 484 g/mol. The lowest BCUT2D eigenvalue weighted by Gasteiger charge is -2.19. The van der Waals surface area contributed by atoms with Gasteiger partial charge < -0.3 is 0 Å². The standard InChI is InChI=1S/C30H13BrO2/c31-23-7-3-6-18-26(23)22-13-15-9-10-19-27-21(16-4-1-2-5-17(16)29(19)32)12-14-8-11-20(30(18)33)28(22)25(14)24(15)27/h1-13H. The number of benzene rings is 8. The molecule has 8 rings (SSSR count). The van der Waals surface area contributed by atoms with Crippen LogP contribution in [0.4, 0.5) is 0 Å². The normalized spacial score (nSPS) is 12.6. The van der Waals surface area contributed by atoms with Crippen LogP contribution in [0.25, 0.3) is 75.4 Å². The fourth-order valence-electron chi connectivity index (χ4n) is 6.01. The van der Waals surface area contributed by atoms with Crippen LogP contribution in [0.5, 0.6) is 0 Å². The summed E-state index contributed by atoms with van der Waals surface area (Å²) < 4.78 is 0.917. The number of halogens is 1. The van der Waals surface area contributed by atoms with Gasteiger partial charge in [-0.3, -0.25) is 9.59 Å². The highest BCUT2D eigenvalue weighted by Crippen LogP contribution is 2.45. The molecule has 0 amide bonds. The third-order valence-corrected chi connectivity index (χ3v) is 8.00. The van der Waals surface area contributed by atoms with Gasteiger partial charge in [0.15, 0.2) is 10.9 Å². The van der Waals surface area contributed by atoms with E-state index in [4.69, 9.17) is 0 Å². The van der Waals surface area contributed by atoms with Gasteiger partial charge in [0.2, 0.25) is 0 Å². The molecule has 2 nitrogen and oxygen atoms in total. The van der Waals surface area contributed by atoms with E-state index >= 15 is 0 Å². The minimum Gasteiger partial charge on any atom is -0.289 e. The zero-order valence-corrected chi connectivity index (χ0v) is 18.8. The molecular weight excluding hydrogens is 472 g/mol. The van der Waals surface area contributed by atoms with Crippen molar-refractivity contribution in [3.8, 4) is 0 Å². The first-order chi connectivity index (χ1) is 16.1. The van der Waals surface area contributed by atoms with Crippen molar-refractivity contribution in [2.24, 2.45) is 0 Å². The highest BCUT2D eigenvalue weighted by atomic mass is 79.9. The molecule has 3 heteroatoms. The lowest BCUT2D eigenvalue weighted by atomic mass is 9.84. The summed E-state index contributed by atoms with van der Waals surface area (Å²) in [5.74, 6) is 0. The topological polar surface area (TPSA) is 34.1 Å². The molecule has 0 N–H and O–H groups in total. The van der Waals surface area contributed by atoms with E-state index in [-0.39, 0.29) is 10.9 Å². The molecular formula is C30H13BrO2. The first-order valence-electron chi connectivity index (χ1n) is 10.9. The lowest BCUT2D eigenvalue weighted by Crippen LogP contribution is -2.06. The van der Waals surface area contributed by atoms with Crippen molar-refractivity contribution in [1.82, 2.24) is 0 Å². The predicted octanol–water partition coefficient (Wildman–Crippen LogP) is 7.56. The molecule has 8 aromatic rings. The summed E-state index contributed by atoms with van der Waals surface area (Å²) in [6, 6.07) is 26.1. The summed E-state index contributed by atoms with van der Waals surface area (Å²) in [5, 5.41) is 13.3. The molecule has 0 saturated heterocycles. The first kappa shape index (κ1) is 17.7. The van der Waals surface area contributed by atoms with E-state index in [1.54, 1.807) is 0 Å². The molecule has 0 unspecified atom stereocenters. The van der Waals surface area contributed by atoms with Gasteiger partial charge in [0, 0.05) is 42.2 Å². The van der Waals surface area contributed by atoms with Crippen molar-refractivity contribution >= 4 is 91.3 Å². The van der Waals surface area contributed by atoms with Crippen molar-refractivity contribution < 1.29 is 0 Å². The van der Waals surface area contributed by atoms with Crippen molar-refractivity contribution in [1.29, 1.82) is 0 Å². The zero-order chi connectivity index (χ0) is 22.0. The van der Waals surface area contributed by atoms with Gasteiger partial charge in [0.1, 0.15) is 0 Å². The molecule has 152 valence electrons. The molecule has 0 spiro atoms. The van der Waals surface area contributed by atoms with Crippen LogP contribution in [-0.4, -0.2) is 0 Å². The zero-order valence-electron chi connectivity index (χ0n) is 17.2. The van der Waals surface area contributed by atoms with E-state index < -0.39 is 0 Å². The Hall–Kier alpha value is -3.82. The lowest BCUT2D eigenvalue weighted by molar-refractivity contribution is 1.71. The Kier molecular flexibility index (Phi) is 3.08. The van der Waals surface area contributed by atoms with Crippen LogP contribution in [0.3, 0.4) is 0 Å². The Bertz CT molecular complexity index is 2230. The van der Waals surface area contributed by atoms with Gasteiger partial charge in [-0.2, -0.15) is 0 Å². The average molecular weight is 485 g/mol. The largest absolute Gasteiger partial charge is 0.289 e. The van der Waals surface area contributed by atoms with Crippen LogP contribution in [-0.2, 0) is 0 Å². The van der Waals surface area contributed by atoms with E-state index in [0.29, 0.717) is 0 Å². The maximum Gasteiger partial charge on any atom is 0.194 e. The van der Waals surface area contributed by atoms with Crippen LogP contribution in [0.1, 0.15) is 0 Å². The number of hydrogen-bond acceptors (Lipinski definition) is 2. The Balaban J connectivity index is 1.81. The third-order valence-electron chi connectivity index (χ3n) is 7.34. The maximum atomic E-state index is 13.5. The molecule has 0 saturated carbocycles. The molecule has 0 aliphatic carbocycles. The molecule has 0 atom stereocenters. The quantitative estimate of drug-likeness (QED) is 0.164. The fourth-order valence-corrected chi connectivity index (χ4v) is 6.59. The maximum absolute atomic E-state index is 13.5. The van der Waals surface area contributed by atoms with Gasteiger partial charge in [-0.15, -0.1) is 0 Å². The van der Waals surface area contributed by atoms with E-state index in [1.807, 2.05) is 54.6 Å². The van der Waals surface area contributed by atoms with E-state index in [1.165, 1.54) is 0 Å². The average Bonchev–Trinajstić information content (AvgIpc) is 2.85. The molecule has 0 radical (unpaired) electrons. The fraction of sp³-hybridized carbons (Fsp3) is 0. The van der Waals surface area contributed by atoms with Gasteiger partial charge in [0.05, 0.1) is 0 Å². The van der Waals surface area contributed by atoms with Crippen molar-refractivity contribution in [2.45, 2.75) is 0 Å². The Morgan fingerprint density at radius 3 is 1.70 bits per heavy atom. The van der Waals surface area contributed by atoms with Crippen LogP contribution < -0.4 is 10.9 Å². The van der Waals surface area contributed by atoms with Crippen LogP contribution in [0.15, 0.2) is 92.9 Å². The molecule has 8 aromatic carbocycles. The summed E-state index contributed by atoms with van der Waals surface area (Å²) in [6.45, 7) is 0. The first-order valence-corrected chi connectivity index (χ1v) is 11.7. The van der Waals surface area contributed by atoms with Gasteiger partial charge in [-0.1, -0.05) is 64.5 Å². The van der Waals surface area contributed by atoms with Gasteiger partial charge in [0.25, 0.3) is 0 Å². The van der Waals surface area contributed by atoms with Crippen molar-refractivity contribution in [3.63, 3.8) is 0 Å². The predicted molar refractivity (Wildman–Crippen MR) is 143 cm³/mol. The second kappa shape index (κ2) is 5.75. The number of hydrogen-bond donors (Lipinski definition) is 0. The summed E-state index contributed by atoms with van der Waals surface area (Å²) in [4.78, 5) is 26.9. The number of rotatable bonds is 0. The molecule has 0 bridgehead atoms. The Labute approximate surface area is 194 Å². The van der Waals surface area contributed by atoms with Gasteiger partial charge in [-0.25, -0.2) is 0 Å². The number of fused-ring (bicyclic) bond motifs is 4. The van der Waals surface area contributed by atoms with E-state index in [9.17, 15) is 9.59 Å². The highest BCUT2D eigenvalue weighted by molar-refractivity contribution is 9.10. The summed E-state index contributed by atoms with van der Waals surface area (Å²) in [6.07, 6.45) is 0. The summed E-state index contributed by atoms with van der Waals surface area (Å²) in [7, 11) is 0. The van der Waals surface area contributed by atoms with Crippen LogP contribution in [0.2, 0.25) is 0 Å². The second-order valence-electron chi connectivity index (χ2n) is 8.89. The smallest absolute Gasteiger partial charge is 0.194 e. The molecule has 0 heterocycles. The van der Waals surface area contributed by atoms with Crippen molar-refractivity contribution in [2.75, 3.05) is 0 Å². The van der Waals surface area contributed by atoms with Gasteiger partial charge in [-0.05, 0) is 68.0 Å². The second-order valence-corrected chi connectivity index (χ2v) is 9.74. The molecule has 33 heavy (non-hydrogen) atoms. The minimum atomic E-state index is 0.0469. The summed E-state index contributed by atoms with van der Waals surface area (Å²) in [5.41, 5.74) is 0.110. The van der Waals surface area contributed by atoms with E-state index in [0.717, 1.165) is 79.9 Å². The van der Waals surface area contributed by atoms with Crippen LogP contribution >= 0.6 is 15.9 Å². The minimum absolute atomic E-state index is 0.0469. The Morgan fingerprint density at radius 2 is 0.970 bits per heavy atom. The third kappa shape index (κ3) is 1.96. The SMILES string of the molecule is O=c1c2ccccc2c2cc3ccc4c(=O)c5cccc(Br)c5c5cc6ccc1c2c6c3c45. The Morgan fingerprint density at radius 1 is 0.424 bits per heavy atom. The van der Waals surface area contributed by atoms with Gasteiger partial charge >= 0.3 is 0 Å². The molecule has 0 aromatic heterocycles. The highest BCUT2D eigenvalue weighted by Gasteiger charge is 2.21. The molecule has 0 aliphatic heterocycles. The molecule has 0 aliphatic rings. The van der Waals surface area contributed by atoms with E-state index in [2.05, 4.69) is 40.2 Å².